The molecule has 0 saturated carbocycles. The average Bonchev–Trinajstić information content (AvgIpc) is 2.62. The number of carbonyl (C=O) groups excluding carboxylic acids is 1. The van der Waals surface area contributed by atoms with Crippen molar-refractivity contribution < 1.29 is 18.0 Å². The van der Waals surface area contributed by atoms with Crippen LogP contribution in [0.4, 0.5) is 18.9 Å². The zero-order chi connectivity index (χ0) is 19.6. The first-order valence-electron chi connectivity index (χ1n) is 8.70. The molecule has 1 saturated heterocycles. The fraction of sp³-hybridized carbons (Fsp3) is 0.350. The number of carbonyl (C=O) groups is 1. The Balaban J connectivity index is 1.73. The predicted molar refractivity (Wildman–Crippen MR) is 101 cm³/mol. The number of hydrogen-bond acceptors (Lipinski definition) is 2. The summed E-state index contributed by atoms with van der Waals surface area (Å²) in [6.45, 7) is 1.79. The molecule has 0 atom stereocenters. The molecule has 144 valence electrons. The van der Waals surface area contributed by atoms with Crippen molar-refractivity contribution in [1.82, 2.24) is 4.90 Å². The van der Waals surface area contributed by atoms with Gasteiger partial charge in [0.15, 0.2) is 0 Å². The number of halogens is 4. The molecule has 0 radical (unpaired) electrons. The summed E-state index contributed by atoms with van der Waals surface area (Å²) in [5.74, 6) is -0.0354. The number of nitrogens with one attached hydrogen (secondary N) is 1. The van der Waals surface area contributed by atoms with Gasteiger partial charge in [0.25, 0.3) is 0 Å². The van der Waals surface area contributed by atoms with Crippen LogP contribution in [-0.2, 0) is 11.0 Å². The first-order valence-corrected chi connectivity index (χ1v) is 9.08. The second kappa shape index (κ2) is 7.90. The fourth-order valence-electron chi connectivity index (χ4n) is 3.17. The Morgan fingerprint density at radius 3 is 2.33 bits per heavy atom. The summed E-state index contributed by atoms with van der Waals surface area (Å²) in [5, 5.41) is 3.13. The van der Waals surface area contributed by atoms with Crippen LogP contribution < -0.4 is 5.32 Å². The van der Waals surface area contributed by atoms with Crippen molar-refractivity contribution in [3.63, 3.8) is 0 Å². The van der Waals surface area contributed by atoms with Crippen LogP contribution >= 0.6 is 11.6 Å². The number of likely N-dealkylation sites (tertiary alicyclic amines) is 1. The second-order valence-electron chi connectivity index (χ2n) is 6.84. The molecule has 1 fully saturated rings. The van der Waals surface area contributed by atoms with Crippen molar-refractivity contribution in [3.05, 3.63) is 53.1 Å². The maximum Gasteiger partial charge on any atom is 0.416 e. The normalized spacial score (nSPS) is 16.3. The number of anilines is 1. The van der Waals surface area contributed by atoms with E-state index in [4.69, 9.17) is 11.6 Å². The highest BCUT2D eigenvalue weighted by Crippen LogP contribution is 2.36. The molecule has 1 aliphatic rings. The molecule has 1 heterocycles. The molecule has 3 nitrogen and oxygen atoms in total. The van der Waals surface area contributed by atoms with Crippen molar-refractivity contribution in [3.8, 4) is 11.1 Å². The quantitative estimate of drug-likeness (QED) is 0.762. The van der Waals surface area contributed by atoms with Crippen molar-refractivity contribution in [2.24, 2.45) is 5.92 Å². The van der Waals surface area contributed by atoms with E-state index in [-0.39, 0.29) is 16.8 Å². The third kappa shape index (κ3) is 4.82. The maximum absolute atomic E-state index is 12.9. The largest absolute Gasteiger partial charge is 0.416 e. The lowest BCUT2D eigenvalue weighted by Gasteiger charge is -2.28. The zero-order valence-electron chi connectivity index (χ0n) is 14.8. The Bertz CT molecular complexity index is 813. The predicted octanol–water partition coefficient (Wildman–Crippen LogP) is 5.31. The van der Waals surface area contributed by atoms with Gasteiger partial charge >= 0.3 is 6.18 Å². The third-order valence-corrected chi connectivity index (χ3v) is 5.18. The van der Waals surface area contributed by atoms with Gasteiger partial charge in [-0.3, -0.25) is 4.79 Å². The van der Waals surface area contributed by atoms with E-state index in [0.29, 0.717) is 16.8 Å². The molecule has 1 amide bonds. The molecule has 0 aromatic heterocycles. The van der Waals surface area contributed by atoms with Crippen LogP contribution in [0.2, 0.25) is 5.02 Å². The standard InChI is InChI=1S/C20H20ClF3N2O/c1-26-10-8-14(9-11-26)19(27)25-16-5-2-13(3-6-16)17-12-15(20(22,23)24)4-7-18(17)21/h2-7,12,14H,8-11H2,1H3,(H,25,27). The van der Waals surface area contributed by atoms with Crippen LogP contribution in [0.3, 0.4) is 0 Å². The summed E-state index contributed by atoms with van der Waals surface area (Å²) in [7, 11) is 2.03. The van der Waals surface area contributed by atoms with E-state index in [2.05, 4.69) is 10.2 Å². The number of hydrogen-bond donors (Lipinski definition) is 1. The molecule has 7 heteroatoms. The van der Waals surface area contributed by atoms with Gasteiger partial charge in [-0.2, -0.15) is 13.2 Å². The zero-order valence-corrected chi connectivity index (χ0v) is 15.6. The van der Waals surface area contributed by atoms with Crippen LogP contribution in [0, 0.1) is 5.92 Å². The molecule has 27 heavy (non-hydrogen) atoms. The highest BCUT2D eigenvalue weighted by Gasteiger charge is 2.31. The van der Waals surface area contributed by atoms with Gasteiger partial charge < -0.3 is 10.2 Å². The molecule has 2 aromatic carbocycles. The Labute approximate surface area is 161 Å². The molecule has 1 N–H and O–H groups in total. The number of nitrogens with zero attached hydrogens (tertiary/aromatic N) is 1. The molecular weight excluding hydrogens is 377 g/mol. The number of amides is 1. The Morgan fingerprint density at radius 2 is 1.74 bits per heavy atom. The van der Waals surface area contributed by atoms with E-state index in [1.807, 2.05) is 7.05 Å². The van der Waals surface area contributed by atoms with Crippen LogP contribution in [0.25, 0.3) is 11.1 Å². The van der Waals surface area contributed by atoms with Crippen LogP contribution in [0.15, 0.2) is 42.5 Å². The molecule has 3 rings (SSSR count). The smallest absolute Gasteiger partial charge is 0.326 e. The Hall–Kier alpha value is -2.05. The van der Waals surface area contributed by atoms with E-state index < -0.39 is 11.7 Å². The maximum atomic E-state index is 12.9. The van der Waals surface area contributed by atoms with E-state index >= 15 is 0 Å². The van der Waals surface area contributed by atoms with Crippen LogP contribution in [-0.4, -0.2) is 30.9 Å². The second-order valence-corrected chi connectivity index (χ2v) is 7.24. The van der Waals surface area contributed by atoms with Crippen molar-refractivity contribution in [2.75, 3.05) is 25.5 Å². The lowest BCUT2D eigenvalue weighted by molar-refractivity contribution is -0.137. The molecule has 0 spiro atoms. The summed E-state index contributed by atoms with van der Waals surface area (Å²) in [5.41, 5.74) is 0.732. The van der Waals surface area contributed by atoms with Gasteiger partial charge in [0.05, 0.1) is 5.56 Å². The first-order chi connectivity index (χ1) is 12.7. The summed E-state index contributed by atoms with van der Waals surface area (Å²) in [6, 6.07) is 9.92. The van der Waals surface area contributed by atoms with Gasteiger partial charge in [0, 0.05) is 22.2 Å². The van der Waals surface area contributed by atoms with Crippen molar-refractivity contribution in [2.45, 2.75) is 19.0 Å². The Morgan fingerprint density at radius 1 is 1.11 bits per heavy atom. The number of piperidine rings is 1. The average molecular weight is 397 g/mol. The van der Waals surface area contributed by atoms with E-state index in [1.54, 1.807) is 24.3 Å². The lowest BCUT2D eigenvalue weighted by Crippen LogP contribution is -2.35. The molecule has 0 aliphatic carbocycles. The van der Waals surface area contributed by atoms with E-state index in [1.165, 1.54) is 6.07 Å². The highest BCUT2D eigenvalue weighted by molar-refractivity contribution is 6.33. The minimum absolute atomic E-state index is 0.0150. The number of rotatable bonds is 3. The van der Waals surface area contributed by atoms with E-state index in [9.17, 15) is 18.0 Å². The van der Waals surface area contributed by atoms with Gasteiger partial charge in [-0.1, -0.05) is 23.7 Å². The molecule has 0 bridgehead atoms. The van der Waals surface area contributed by atoms with Gasteiger partial charge in [-0.05, 0) is 68.9 Å². The number of benzene rings is 2. The number of alkyl halides is 3. The molecule has 1 aliphatic heterocycles. The van der Waals surface area contributed by atoms with Gasteiger partial charge in [0.1, 0.15) is 0 Å². The SMILES string of the molecule is CN1CCC(C(=O)Nc2ccc(-c3cc(C(F)(F)F)ccc3Cl)cc2)CC1. The fourth-order valence-corrected chi connectivity index (χ4v) is 3.40. The third-order valence-electron chi connectivity index (χ3n) is 4.85. The molecule has 2 aromatic rings. The summed E-state index contributed by atoms with van der Waals surface area (Å²) in [6.07, 6.45) is -2.79. The van der Waals surface area contributed by atoms with Crippen molar-refractivity contribution in [1.29, 1.82) is 0 Å². The van der Waals surface area contributed by atoms with E-state index in [0.717, 1.165) is 38.1 Å². The molecular formula is C20H20ClF3N2O. The summed E-state index contributed by atoms with van der Waals surface area (Å²) >= 11 is 6.08. The van der Waals surface area contributed by atoms with Crippen LogP contribution in [0.5, 0.6) is 0 Å². The van der Waals surface area contributed by atoms with Gasteiger partial charge in [0.2, 0.25) is 5.91 Å². The van der Waals surface area contributed by atoms with Gasteiger partial charge in [-0.15, -0.1) is 0 Å². The Kier molecular flexibility index (Phi) is 5.77. The van der Waals surface area contributed by atoms with Crippen molar-refractivity contribution >= 4 is 23.2 Å². The first kappa shape index (κ1) is 19.7. The minimum Gasteiger partial charge on any atom is -0.326 e. The topological polar surface area (TPSA) is 32.3 Å². The highest BCUT2D eigenvalue weighted by atomic mass is 35.5. The monoisotopic (exact) mass is 396 g/mol. The van der Waals surface area contributed by atoms with Gasteiger partial charge in [-0.25, -0.2) is 0 Å². The minimum atomic E-state index is -4.43. The molecule has 0 unspecified atom stereocenters. The van der Waals surface area contributed by atoms with Crippen LogP contribution in [0.1, 0.15) is 18.4 Å². The lowest BCUT2D eigenvalue weighted by atomic mass is 9.96. The summed E-state index contributed by atoms with van der Waals surface area (Å²) < 4.78 is 38.8. The summed E-state index contributed by atoms with van der Waals surface area (Å²) in [4.78, 5) is 14.6.